The lowest BCUT2D eigenvalue weighted by Crippen LogP contribution is -2.26. The SMILES string of the molecule is CN(C(=O)CCC(=O)c1ccc(Br)cc1)c1ccccc1. The molecule has 0 aromatic heterocycles. The summed E-state index contributed by atoms with van der Waals surface area (Å²) in [7, 11) is 1.72. The van der Waals surface area contributed by atoms with Crippen molar-refractivity contribution in [1.82, 2.24) is 0 Å². The van der Waals surface area contributed by atoms with Crippen molar-refractivity contribution in [1.29, 1.82) is 0 Å². The lowest BCUT2D eigenvalue weighted by Gasteiger charge is -2.16. The third-order valence-electron chi connectivity index (χ3n) is 3.25. The molecular weight excluding hydrogens is 330 g/mol. The second-order valence-electron chi connectivity index (χ2n) is 4.72. The molecule has 21 heavy (non-hydrogen) atoms. The first-order chi connectivity index (χ1) is 10.1. The monoisotopic (exact) mass is 345 g/mol. The molecule has 0 unspecified atom stereocenters. The predicted molar refractivity (Wildman–Crippen MR) is 87.6 cm³/mol. The lowest BCUT2D eigenvalue weighted by molar-refractivity contribution is -0.118. The van der Waals surface area contributed by atoms with Crippen molar-refractivity contribution in [3.8, 4) is 0 Å². The molecule has 2 rings (SSSR count). The Hall–Kier alpha value is -1.94. The zero-order chi connectivity index (χ0) is 15.2. The third kappa shape index (κ3) is 4.26. The first-order valence-electron chi connectivity index (χ1n) is 6.68. The molecule has 2 aromatic carbocycles. The Morgan fingerprint density at radius 2 is 1.57 bits per heavy atom. The molecule has 0 aliphatic heterocycles. The van der Waals surface area contributed by atoms with Gasteiger partial charge in [-0.2, -0.15) is 0 Å². The molecule has 0 fully saturated rings. The van der Waals surface area contributed by atoms with Crippen molar-refractivity contribution in [3.63, 3.8) is 0 Å². The van der Waals surface area contributed by atoms with Crippen LogP contribution in [0.5, 0.6) is 0 Å². The lowest BCUT2D eigenvalue weighted by atomic mass is 10.1. The van der Waals surface area contributed by atoms with Gasteiger partial charge in [0, 0.05) is 35.6 Å². The summed E-state index contributed by atoms with van der Waals surface area (Å²) < 4.78 is 0.930. The van der Waals surface area contributed by atoms with Crippen LogP contribution in [-0.2, 0) is 4.79 Å². The molecule has 4 heteroatoms. The normalized spacial score (nSPS) is 10.2. The molecule has 0 N–H and O–H groups in total. The van der Waals surface area contributed by atoms with E-state index in [2.05, 4.69) is 15.9 Å². The number of benzene rings is 2. The van der Waals surface area contributed by atoms with Gasteiger partial charge in [0.15, 0.2) is 5.78 Å². The van der Waals surface area contributed by atoms with Gasteiger partial charge < -0.3 is 4.90 Å². The maximum absolute atomic E-state index is 12.1. The maximum atomic E-state index is 12.1. The highest BCUT2D eigenvalue weighted by Gasteiger charge is 2.13. The Labute approximate surface area is 132 Å². The summed E-state index contributed by atoms with van der Waals surface area (Å²) in [5.41, 5.74) is 1.46. The van der Waals surface area contributed by atoms with E-state index in [0.29, 0.717) is 5.56 Å². The molecule has 3 nitrogen and oxygen atoms in total. The fourth-order valence-electron chi connectivity index (χ4n) is 1.96. The molecule has 0 radical (unpaired) electrons. The standard InChI is InChI=1S/C17H16BrNO2/c1-19(15-5-3-2-4-6-15)17(21)12-11-16(20)13-7-9-14(18)10-8-13/h2-10H,11-12H2,1H3. The number of rotatable bonds is 5. The molecule has 0 bridgehead atoms. The first kappa shape index (κ1) is 15.4. The van der Waals surface area contributed by atoms with Crippen molar-refractivity contribution in [2.45, 2.75) is 12.8 Å². The highest BCUT2D eigenvalue weighted by Crippen LogP contribution is 2.15. The predicted octanol–water partition coefficient (Wildman–Crippen LogP) is 4.08. The van der Waals surface area contributed by atoms with Crippen LogP contribution in [0.15, 0.2) is 59.1 Å². The molecule has 0 atom stereocenters. The summed E-state index contributed by atoms with van der Waals surface area (Å²) in [4.78, 5) is 25.7. The van der Waals surface area contributed by atoms with Crippen molar-refractivity contribution in [2.75, 3.05) is 11.9 Å². The van der Waals surface area contributed by atoms with Gasteiger partial charge in [-0.1, -0.05) is 46.3 Å². The van der Waals surface area contributed by atoms with E-state index in [-0.39, 0.29) is 24.5 Å². The average Bonchev–Trinajstić information content (AvgIpc) is 2.53. The Morgan fingerprint density at radius 1 is 0.952 bits per heavy atom. The van der Waals surface area contributed by atoms with E-state index in [1.165, 1.54) is 0 Å². The van der Waals surface area contributed by atoms with Crippen LogP contribution in [0.4, 0.5) is 5.69 Å². The summed E-state index contributed by atoms with van der Waals surface area (Å²) in [5.74, 6) is -0.0797. The number of hydrogen-bond acceptors (Lipinski definition) is 2. The number of ketones is 1. The molecule has 0 aliphatic rings. The topological polar surface area (TPSA) is 37.4 Å². The largest absolute Gasteiger partial charge is 0.315 e. The van der Waals surface area contributed by atoms with Gasteiger partial charge in [0.1, 0.15) is 0 Å². The van der Waals surface area contributed by atoms with Crippen molar-refractivity contribution in [2.24, 2.45) is 0 Å². The van der Waals surface area contributed by atoms with Crippen LogP contribution >= 0.6 is 15.9 Å². The number of anilines is 1. The fourth-order valence-corrected chi connectivity index (χ4v) is 2.23. The van der Waals surface area contributed by atoms with Gasteiger partial charge in [0.25, 0.3) is 0 Å². The highest BCUT2D eigenvalue weighted by molar-refractivity contribution is 9.10. The molecule has 0 aliphatic carbocycles. The van der Waals surface area contributed by atoms with E-state index >= 15 is 0 Å². The summed E-state index contributed by atoms with van der Waals surface area (Å²) in [5, 5.41) is 0. The minimum Gasteiger partial charge on any atom is -0.315 e. The number of para-hydroxylation sites is 1. The molecule has 2 aromatic rings. The van der Waals surface area contributed by atoms with Gasteiger partial charge in [0.2, 0.25) is 5.91 Å². The third-order valence-corrected chi connectivity index (χ3v) is 3.78. The van der Waals surface area contributed by atoms with Crippen LogP contribution in [0.3, 0.4) is 0 Å². The van der Waals surface area contributed by atoms with E-state index < -0.39 is 0 Å². The number of amides is 1. The molecule has 0 heterocycles. The van der Waals surface area contributed by atoms with E-state index in [9.17, 15) is 9.59 Å². The first-order valence-corrected chi connectivity index (χ1v) is 7.47. The maximum Gasteiger partial charge on any atom is 0.227 e. The zero-order valence-corrected chi connectivity index (χ0v) is 13.3. The second-order valence-corrected chi connectivity index (χ2v) is 5.63. The van der Waals surface area contributed by atoms with Crippen molar-refractivity contribution < 1.29 is 9.59 Å². The van der Waals surface area contributed by atoms with Crippen molar-refractivity contribution >= 4 is 33.3 Å². The van der Waals surface area contributed by atoms with Gasteiger partial charge in [-0.3, -0.25) is 9.59 Å². The van der Waals surface area contributed by atoms with E-state index in [4.69, 9.17) is 0 Å². The van der Waals surface area contributed by atoms with Gasteiger partial charge in [-0.25, -0.2) is 0 Å². The Kier molecular flexibility index (Phi) is 5.28. The number of carbonyl (C=O) groups is 2. The minimum atomic E-state index is -0.0633. The summed E-state index contributed by atoms with van der Waals surface area (Å²) in [6.45, 7) is 0. The van der Waals surface area contributed by atoms with Crippen LogP contribution in [0, 0.1) is 0 Å². The van der Waals surface area contributed by atoms with Crippen LogP contribution in [0.25, 0.3) is 0 Å². The number of nitrogens with zero attached hydrogens (tertiary/aromatic N) is 1. The van der Waals surface area contributed by atoms with Crippen LogP contribution in [-0.4, -0.2) is 18.7 Å². The number of hydrogen-bond donors (Lipinski definition) is 0. The fraction of sp³-hybridized carbons (Fsp3) is 0.176. The van der Waals surface area contributed by atoms with Crippen LogP contribution in [0.2, 0.25) is 0 Å². The Balaban J connectivity index is 1.92. The molecular formula is C17H16BrNO2. The van der Waals surface area contributed by atoms with E-state index in [0.717, 1.165) is 10.2 Å². The Morgan fingerprint density at radius 3 is 2.19 bits per heavy atom. The summed E-state index contributed by atoms with van der Waals surface area (Å²) in [6.07, 6.45) is 0.429. The van der Waals surface area contributed by atoms with Crippen LogP contribution < -0.4 is 4.90 Å². The van der Waals surface area contributed by atoms with Gasteiger partial charge in [0.05, 0.1) is 0 Å². The number of carbonyl (C=O) groups excluding carboxylic acids is 2. The smallest absolute Gasteiger partial charge is 0.227 e. The van der Waals surface area contributed by atoms with Crippen LogP contribution in [0.1, 0.15) is 23.2 Å². The average molecular weight is 346 g/mol. The molecule has 0 spiro atoms. The second kappa shape index (κ2) is 7.18. The Bertz CT molecular complexity index is 623. The van der Waals surface area contributed by atoms with Gasteiger partial charge in [-0.05, 0) is 24.3 Å². The number of Topliss-reactive ketones (excluding diaryl/α,β-unsaturated/α-hetero) is 1. The molecule has 0 saturated carbocycles. The van der Waals surface area contributed by atoms with Crippen molar-refractivity contribution in [3.05, 3.63) is 64.6 Å². The van der Waals surface area contributed by atoms with Gasteiger partial charge in [-0.15, -0.1) is 0 Å². The summed E-state index contributed by atoms with van der Waals surface area (Å²) >= 11 is 3.33. The minimum absolute atomic E-state index is 0.0164. The van der Waals surface area contributed by atoms with E-state index in [1.54, 1.807) is 24.1 Å². The molecule has 0 saturated heterocycles. The molecule has 1 amide bonds. The quantitative estimate of drug-likeness (QED) is 0.765. The zero-order valence-electron chi connectivity index (χ0n) is 11.8. The van der Waals surface area contributed by atoms with E-state index in [1.807, 2.05) is 42.5 Å². The highest BCUT2D eigenvalue weighted by atomic mass is 79.9. The molecule has 108 valence electrons. The summed E-state index contributed by atoms with van der Waals surface area (Å²) in [6, 6.07) is 16.6. The number of halogens is 1. The van der Waals surface area contributed by atoms with Gasteiger partial charge >= 0.3 is 0 Å².